The molecule has 9 heteroatoms. The number of carbonyl (C=O) groups is 1. The average molecular weight is 468 g/mol. The van der Waals surface area contributed by atoms with Crippen LogP contribution in [0.15, 0.2) is 60.8 Å². The summed E-state index contributed by atoms with van der Waals surface area (Å²) >= 11 is 0. The van der Waals surface area contributed by atoms with Crippen molar-refractivity contribution < 1.29 is 22.7 Å². The topological polar surface area (TPSA) is 78.2 Å². The molecule has 6 nitrogen and oxygen atoms in total. The summed E-state index contributed by atoms with van der Waals surface area (Å²) in [5.41, 5.74) is 0.811. The molecule has 1 amide bonds. The summed E-state index contributed by atoms with van der Waals surface area (Å²) in [5.74, 6) is 0.591. The van der Waals surface area contributed by atoms with Crippen LogP contribution >= 0.6 is 0 Å². The third kappa shape index (κ3) is 7.32. The molecule has 0 saturated carbocycles. The first-order valence-electron chi connectivity index (χ1n) is 10.4. The van der Waals surface area contributed by atoms with Crippen LogP contribution in [0.2, 0.25) is 0 Å². The highest BCUT2D eigenvalue weighted by atomic mass is 19.4. The molecule has 34 heavy (non-hydrogen) atoms. The van der Waals surface area contributed by atoms with Gasteiger partial charge in [0.05, 0.1) is 5.56 Å². The van der Waals surface area contributed by atoms with E-state index in [0.29, 0.717) is 30.0 Å². The molecule has 2 aromatic carbocycles. The van der Waals surface area contributed by atoms with Gasteiger partial charge in [0, 0.05) is 30.9 Å². The first kappa shape index (κ1) is 24.7. The van der Waals surface area contributed by atoms with Crippen molar-refractivity contribution in [3.8, 4) is 17.6 Å². The lowest BCUT2D eigenvalue weighted by Gasteiger charge is -2.15. The quantitative estimate of drug-likeness (QED) is 0.479. The fourth-order valence-corrected chi connectivity index (χ4v) is 3.30. The van der Waals surface area contributed by atoms with E-state index < -0.39 is 17.6 Å². The van der Waals surface area contributed by atoms with Crippen molar-refractivity contribution in [1.29, 1.82) is 5.26 Å². The van der Waals surface area contributed by atoms with Crippen molar-refractivity contribution in [3.63, 3.8) is 0 Å². The first-order valence-corrected chi connectivity index (χ1v) is 10.4. The number of benzene rings is 2. The Morgan fingerprint density at radius 1 is 1.09 bits per heavy atom. The summed E-state index contributed by atoms with van der Waals surface area (Å²) in [6.07, 6.45) is -2.59. The number of nitrogens with zero attached hydrogens (tertiary/aromatic N) is 3. The predicted molar refractivity (Wildman–Crippen MR) is 121 cm³/mol. The second-order valence-corrected chi connectivity index (χ2v) is 7.94. The molecule has 0 spiro atoms. The monoisotopic (exact) mass is 468 g/mol. The number of ether oxygens (including phenoxy) is 1. The van der Waals surface area contributed by atoms with Crippen LogP contribution in [0.5, 0.6) is 11.5 Å². The van der Waals surface area contributed by atoms with E-state index in [1.807, 2.05) is 12.1 Å². The smallest absolute Gasteiger partial charge is 0.416 e. The van der Waals surface area contributed by atoms with Gasteiger partial charge in [-0.15, -0.1) is 0 Å². The number of nitrogens with one attached hydrogen (secondary N) is 1. The van der Waals surface area contributed by atoms with Crippen LogP contribution in [0.3, 0.4) is 0 Å². The molecular formula is C25H23F3N4O2. The highest BCUT2D eigenvalue weighted by Crippen LogP contribution is 2.32. The van der Waals surface area contributed by atoms with Crippen LogP contribution < -0.4 is 10.1 Å². The molecule has 0 saturated heterocycles. The molecule has 176 valence electrons. The summed E-state index contributed by atoms with van der Waals surface area (Å²) in [5, 5.41) is 11.5. The summed E-state index contributed by atoms with van der Waals surface area (Å²) in [6.45, 7) is 0.312. The lowest BCUT2D eigenvalue weighted by molar-refractivity contribution is -0.137. The Morgan fingerprint density at radius 3 is 2.56 bits per heavy atom. The zero-order valence-electron chi connectivity index (χ0n) is 18.7. The molecule has 3 rings (SSSR count). The normalized spacial score (nSPS) is 11.2. The summed E-state index contributed by atoms with van der Waals surface area (Å²) in [4.78, 5) is 18.1. The van der Waals surface area contributed by atoms with Gasteiger partial charge in [-0.2, -0.15) is 18.4 Å². The maximum absolute atomic E-state index is 13.3. The number of aromatic nitrogens is 1. The van der Waals surface area contributed by atoms with Gasteiger partial charge in [0.1, 0.15) is 23.3 Å². The maximum atomic E-state index is 13.3. The molecule has 0 atom stereocenters. The van der Waals surface area contributed by atoms with Gasteiger partial charge in [0.2, 0.25) is 5.91 Å². The number of hydrogen-bond acceptors (Lipinski definition) is 5. The summed E-state index contributed by atoms with van der Waals surface area (Å²) < 4.78 is 45.6. The number of pyridine rings is 1. The molecule has 0 unspecified atom stereocenters. The maximum Gasteiger partial charge on any atom is 0.416 e. The van der Waals surface area contributed by atoms with E-state index in [-0.39, 0.29) is 17.8 Å². The zero-order valence-corrected chi connectivity index (χ0v) is 18.7. The number of rotatable bonds is 8. The SMILES string of the molecule is CN(C)Cc1cc(NC(=O)CCc2cccc(Oc3ccnc(C#N)c3)c2)cc(C(F)(F)F)c1. The number of halogens is 3. The Balaban J connectivity index is 1.65. The number of anilines is 1. The van der Waals surface area contributed by atoms with Gasteiger partial charge in [0.25, 0.3) is 0 Å². The number of nitriles is 1. The van der Waals surface area contributed by atoms with Gasteiger partial charge in [-0.3, -0.25) is 4.79 Å². The van der Waals surface area contributed by atoms with Crippen molar-refractivity contribution in [1.82, 2.24) is 9.88 Å². The first-order chi connectivity index (χ1) is 16.1. The van der Waals surface area contributed by atoms with Crippen molar-refractivity contribution in [2.45, 2.75) is 25.6 Å². The van der Waals surface area contributed by atoms with Crippen LogP contribution in [-0.4, -0.2) is 29.9 Å². The number of aryl methyl sites for hydroxylation is 1. The minimum atomic E-state index is -4.51. The van der Waals surface area contributed by atoms with Crippen LogP contribution in [0.1, 0.15) is 28.8 Å². The van der Waals surface area contributed by atoms with E-state index in [9.17, 15) is 18.0 Å². The van der Waals surface area contributed by atoms with E-state index in [2.05, 4.69) is 10.3 Å². The second-order valence-electron chi connectivity index (χ2n) is 7.94. The molecule has 0 aliphatic rings. The molecule has 0 radical (unpaired) electrons. The fourth-order valence-electron chi connectivity index (χ4n) is 3.30. The Morgan fingerprint density at radius 2 is 1.85 bits per heavy atom. The van der Waals surface area contributed by atoms with Crippen LogP contribution in [0, 0.1) is 11.3 Å². The largest absolute Gasteiger partial charge is 0.457 e. The molecule has 1 heterocycles. The molecule has 3 aromatic rings. The number of hydrogen-bond donors (Lipinski definition) is 1. The zero-order chi connectivity index (χ0) is 24.7. The Labute approximate surface area is 195 Å². The van der Waals surface area contributed by atoms with Crippen molar-refractivity contribution >= 4 is 11.6 Å². The van der Waals surface area contributed by atoms with Crippen molar-refractivity contribution in [2.75, 3.05) is 19.4 Å². The number of carbonyl (C=O) groups excluding carboxylic acids is 1. The van der Waals surface area contributed by atoms with E-state index >= 15 is 0 Å². The fraction of sp³-hybridized carbons (Fsp3) is 0.240. The Bertz CT molecular complexity index is 1200. The third-order valence-electron chi connectivity index (χ3n) is 4.72. The lowest BCUT2D eigenvalue weighted by atomic mass is 10.1. The lowest BCUT2D eigenvalue weighted by Crippen LogP contribution is -2.16. The van der Waals surface area contributed by atoms with Crippen LogP contribution in [-0.2, 0) is 23.9 Å². The second kappa shape index (κ2) is 10.8. The van der Waals surface area contributed by atoms with Gasteiger partial charge < -0.3 is 15.0 Å². The van der Waals surface area contributed by atoms with Gasteiger partial charge in [-0.25, -0.2) is 4.98 Å². The highest BCUT2D eigenvalue weighted by molar-refractivity contribution is 5.91. The van der Waals surface area contributed by atoms with Gasteiger partial charge in [0.15, 0.2) is 0 Å². The van der Waals surface area contributed by atoms with E-state index in [1.165, 1.54) is 12.3 Å². The molecule has 1 N–H and O–H groups in total. The highest BCUT2D eigenvalue weighted by Gasteiger charge is 2.31. The Kier molecular flexibility index (Phi) is 7.87. The summed E-state index contributed by atoms with van der Waals surface area (Å²) in [6, 6.07) is 15.8. The standard InChI is InChI=1S/C25H23F3N4O2/c1-32(2)16-18-10-19(25(26,27)28)13-20(11-18)31-24(33)7-6-17-4-3-5-22(12-17)34-23-8-9-30-21(14-23)15-29/h3-5,8-14H,6-7,16H2,1-2H3,(H,31,33). The van der Waals surface area contributed by atoms with Gasteiger partial charge in [-0.05, 0) is 68.0 Å². The van der Waals surface area contributed by atoms with Gasteiger partial charge in [-0.1, -0.05) is 12.1 Å². The number of amides is 1. The molecular weight excluding hydrogens is 445 g/mol. The molecule has 0 aliphatic carbocycles. The third-order valence-corrected chi connectivity index (χ3v) is 4.72. The molecule has 0 fully saturated rings. The average Bonchev–Trinajstić information content (AvgIpc) is 2.77. The minimum absolute atomic E-state index is 0.0799. The van der Waals surface area contributed by atoms with Crippen LogP contribution in [0.25, 0.3) is 0 Å². The van der Waals surface area contributed by atoms with Crippen molar-refractivity contribution in [3.05, 3.63) is 83.2 Å². The molecule has 0 aliphatic heterocycles. The molecule has 0 bridgehead atoms. The number of alkyl halides is 3. The predicted octanol–water partition coefficient (Wildman–Crippen LogP) is 5.40. The van der Waals surface area contributed by atoms with E-state index in [4.69, 9.17) is 10.00 Å². The summed E-state index contributed by atoms with van der Waals surface area (Å²) in [7, 11) is 3.51. The van der Waals surface area contributed by atoms with Gasteiger partial charge >= 0.3 is 6.18 Å². The van der Waals surface area contributed by atoms with E-state index in [1.54, 1.807) is 49.3 Å². The Hall–Kier alpha value is -3.90. The van der Waals surface area contributed by atoms with Crippen molar-refractivity contribution in [2.24, 2.45) is 0 Å². The van der Waals surface area contributed by atoms with E-state index in [0.717, 1.165) is 17.7 Å². The molecule has 1 aromatic heterocycles. The van der Waals surface area contributed by atoms with Crippen LogP contribution in [0.4, 0.5) is 18.9 Å². The minimum Gasteiger partial charge on any atom is -0.457 e.